The number of ether oxygens (including phenoxy) is 1. The van der Waals surface area contributed by atoms with Crippen molar-refractivity contribution in [3.05, 3.63) is 63.7 Å². The van der Waals surface area contributed by atoms with Crippen LogP contribution in [0.2, 0.25) is 0 Å². The van der Waals surface area contributed by atoms with Gasteiger partial charge in [0.2, 0.25) is 0 Å². The molecule has 0 aliphatic carbocycles. The molecular weight excluding hydrogens is 246 g/mol. The molecule has 0 unspecified atom stereocenters. The van der Waals surface area contributed by atoms with Crippen LogP contribution in [0.5, 0.6) is 11.5 Å². The van der Waals surface area contributed by atoms with Gasteiger partial charge in [-0.1, -0.05) is 12.1 Å². The maximum Gasteiger partial charge on any atom is 0.269 e. The molecule has 0 aromatic heterocycles. The van der Waals surface area contributed by atoms with Gasteiger partial charge in [0.05, 0.1) is 11.5 Å². The Kier molecular flexibility index (Phi) is 3.77. The normalized spacial score (nSPS) is 10.2. The summed E-state index contributed by atoms with van der Waals surface area (Å²) >= 11 is 0. The Balaban J connectivity index is 2.20. The summed E-state index contributed by atoms with van der Waals surface area (Å²) in [6.45, 7) is 1.74. The van der Waals surface area contributed by atoms with Gasteiger partial charge in [-0.25, -0.2) is 0 Å². The summed E-state index contributed by atoms with van der Waals surface area (Å²) in [5.41, 5.74) is 1.54. The van der Waals surface area contributed by atoms with E-state index in [9.17, 15) is 10.1 Å². The molecule has 0 saturated carbocycles. The van der Waals surface area contributed by atoms with Crippen molar-refractivity contribution in [2.75, 3.05) is 0 Å². The third kappa shape index (κ3) is 3.08. The Bertz CT molecular complexity index is 593. The van der Waals surface area contributed by atoms with Crippen LogP contribution >= 0.6 is 0 Å². The van der Waals surface area contributed by atoms with Crippen LogP contribution in [0.15, 0.2) is 42.5 Å². The molecule has 0 radical (unpaired) electrons. The summed E-state index contributed by atoms with van der Waals surface area (Å²) in [6.07, 6.45) is 0. The van der Waals surface area contributed by atoms with Gasteiger partial charge in [-0.15, -0.1) is 0 Å². The lowest BCUT2D eigenvalue weighted by Crippen LogP contribution is -1.92. The Hall–Kier alpha value is -2.40. The third-order valence-electron chi connectivity index (χ3n) is 2.70. The minimum Gasteiger partial charge on any atom is -0.457 e. The van der Waals surface area contributed by atoms with Gasteiger partial charge in [0.1, 0.15) is 11.5 Å². The highest BCUT2D eigenvalue weighted by molar-refractivity contribution is 5.45. The fourth-order valence-corrected chi connectivity index (χ4v) is 1.65. The van der Waals surface area contributed by atoms with E-state index in [-0.39, 0.29) is 12.3 Å². The van der Waals surface area contributed by atoms with Gasteiger partial charge in [0.25, 0.3) is 5.69 Å². The number of nitro groups is 1. The number of nitrogens with zero attached hydrogens (tertiary/aromatic N) is 1. The van der Waals surface area contributed by atoms with Crippen LogP contribution in [0.3, 0.4) is 0 Å². The van der Waals surface area contributed by atoms with Gasteiger partial charge in [-0.3, -0.25) is 10.1 Å². The van der Waals surface area contributed by atoms with Crippen LogP contribution in [0.25, 0.3) is 0 Å². The molecule has 19 heavy (non-hydrogen) atoms. The van der Waals surface area contributed by atoms with Gasteiger partial charge in [0, 0.05) is 12.1 Å². The van der Waals surface area contributed by atoms with Crippen LogP contribution in [0.1, 0.15) is 11.1 Å². The van der Waals surface area contributed by atoms with Crippen molar-refractivity contribution in [2.24, 2.45) is 0 Å². The molecule has 0 aliphatic heterocycles. The summed E-state index contributed by atoms with van der Waals surface area (Å²) in [5, 5.41) is 19.6. The van der Waals surface area contributed by atoms with Gasteiger partial charge >= 0.3 is 0 Å². The number of aliphatic hydroxyl groups excluding tert-OH is 1. The summed E-state index contributed by atoms with van der Waals surface area (Å²) in [5.74, 6) is 1.19. The fraction of sp³-hybridized carbons (Fsp3) is 0.143. The summed E-state index contributed by atoms with van der Waals surface area (Å²) < 4.78 is 5.64. The standard InChI is InChI=1S/C14H13NO4/c1-10-8-12(15(17)18)4-7-14(10)19-13-5-2-11(9-16)3-6-13/h2-8,16H,9H2,1H3. The summed E-state index contributed by atoms with van der Waals surface area (Å²) in [6, 6.07) is 11.5. The predicted octanol–water partition coefficient (Wildman–Crippen LogP) is 3.19. The first-order valence-corrected chi connectivity index (χ1v) is 5.73. The average Bonchev–Trinajstić information content (AvgIpc) is 2.41. The fourth-order valence-electron chi connectivity index (χ4n) is 1.65. The molecule has 2 aromatic rings. The van der Waals surface area contributed by atoms with Gasteiger partial charge in [-0.2, -0.15) is 0 Å². The van der Waals surface area contributed by atoms with E-state index in [1.165, 1.54) is 12.1 Å². The van der Waals surface area contributed by atoms with E-state index in [1.54, 1.807) is 37.3 Å². The molecule has 2 rings (SSSR count). The molecule has 98 valence electrons. The molecule has 5 heteroatoms. The van der Waals surface area contributed by atoms with Crippen LogP contribution in [-0.2, 0) is 6.61 Å². The first-order valence-electron chi connectivity index (χ1n) is 5.73. The zero-order valence-corrected chi connectivity index (χ0v) is 10.4. The number of hydrogen-bond acceptors (Lipinski definition) is 4. The van der Waals surface area contributed by atoms with Crippen LogP contribution < -0.4 is 4.74 Å². The number of aliphatic hydroxyl groups is 1. The van der Waals surface area contributed by atoms with Crippen molar-refractivity contribution in [3.63, 3.8) is 0 Å². The van der Waals surface area contributed by atoms with E-state index in [0.717, 1.165) is 5.56 Å². The zero-order valence-electron chi connectivity index (χ0n) is 10.4. The lowest BCUT2D eigenvalue weighted by molar-refractivity contribution is -0.384. The Morgan fingerprint density at radius 2 is 1.89 bits per heavy atom. The topological polar surface area (TPSA) is 72.6 Å². The highest BCUT2D eigenvalue weighted by Crippen LogP contribution is 2.28. The Morgan fingerprint density at radius 3 is 2.42 bits per heavy atom. The molecule has 5 nitrogen and oxygen atoms in total. The van der Waals surface area contributed by atoms with E-state index in [1.807, 2.05) is 0 Å². The number of benzene rings is 2. The lowest BCUT2D eigenvalue weighted by atomic mass is 10.2. The molecule has 0 saturated heterocycles. The van der Waals surface area contributed by atoms with E-state index < -0.39 is 4.92 Å². The van der Waals surface area contributed by atoms with E-state index in [4.69, 9.17) is 9.84 Å². The van der Waals surface area contributed by atoms with Crippen molar-refractivity contribution in [1.29, 1.82) is 0 Å². The largest absolute Gasteiger partial charge is 0.457 e. The molecule has 0 atom stereocenters. The summed E-state index contributed by atoms with van der Waals surface area (Å²) in [7, 11) is 0. The zero-order chi connectivity index (χ0) is 13.8. The Morgan fingerprint density at radius 1 is 1.21 bits per heavy atom. The van der Waals surface area contributed by atoms with Crippen LogP contribution in [0.4, 0.5) is 5.69 Å². The number of non-ortho nitro benzene ring substituents is 1. The van der Waals surface area contributed by atoms with E-state index in [0.29, 0.717) is 17.1 Å². The molecule has 0 spiro atoms. The highest BCUT2D eigenvalue weighted by Gasteiger charge is 2.09. The molecule has 0 heterocycles. The monoisotopic (exact) mass is 259 g/mol. The van der Waals surface area contributed by atoms with Crippen LogP contribution in [0, 0.1) is 17.0 Å². The quantitative estimate of drug-likeness (QED) is 0.676. The smallest absolute Gasteiger partial charge is 0.269 e. The van der Waals surface area contributed by atoms with E-state index >= 15 is 0 Å². The van der Waals surface area contributed by atoms with Gasteiger partial charge < -0.3 is 9.84 Å². The van der Waals surface area contributed by atoms with Crippen molar-refractivity contribution >= 4 is 5.69 Å². The average molecular weight is 259 g/mol. The molecule has 2 aromatic carbocycles. The van der Waals surface area contributed by atoms with Crippen LogP contribution in [-0.4, -0.2) is 10.0 Å². The minimum atomic E-state index is -0.438. The number of rotatable bonds is 4. The maximum atomic E-state index is 10.6. The first-order chi connectivity index (χ1) is 9.10. The minimum absolute atomic E-state index is 0.0170. The lowest BCUT2D eigenvalue weighted by Gasteiger charge is -2.08. The number of nitro benzene ring substituents is 1. The van der Waals surface area contributed by atoms with Crippen molar-refractivity contribution < 1.29 is 14.8 Å². The van der Waals surface area contributed by atoms with Crippen molar-refractivity contribution in [1.82, 2.24) is 0 Å². The van der Waals surface area contributed by atoms with Crippen molar-refractivity contribution in [2.45, 2.75) is 13.5 Å². The molecule has 1 N–H and O–H groups in total. The Labute approximate surface area is 110 Å². The second kappa shape index (κ2) is 5.49. The number of hydrogen-bond donors (Lipinski definition) is 1. The summed E-state index contributed by atoms with van der Waals surface area (Å²) in [4.78, 5) is 10.2. The molecule has 0 aliphatic rings. The van der Waals surface area contributed by atoms with Gasteiger partial charge in [-0.05, 0) is 36.2 Å². The molecular formula is C14H13NO4. The maximum absolute atomic E-state index is 10.6. The van der Waals surface area contributed by atoms with Crippen molar-refractivity contribution in [3.8, 4) is 11.5 Å². The third-order valence-corrected chi connectivity index (χ3v) is 2.70. The first kappa shape index (κ1) is 13.0. The molecule has 0 bridgehead atoms. The number of aryl methyl sites for hydroxylation is 1. The molecule has 0 fully saturated rings. The highest BCUT2D eigenvalue weighted by atomic mass is 16.6. The SMILES string of the molecule is Cc1cc([N+](=O)[O-])ccc1Oc1ccc(CO)cc1. The second-order valence-corrected chi connectivity index (χ2v) is 4.11. The predicted molar refractivity (Wildman–Crippen MR) is 70.3 cm³/mol. The molecule has 0 amide bonds. The van der Waals surface area contributed by atoms with E-state index in [2.05, 4.69) is 0 Å². The van der Waals surface area contributed by atoms with Gasteiger partial charge in [0.15, 0.2) is 0 Å². The second-order valence-electron chi connectivity index (χ2n) is 4.11.